The molecule has 4 heterocycles. The maximum atomic E-state index is 5.81. The van der Waals surface area contributed by atoms with Crippen LogP contribution in [0.15, 0.2) is 47.6 Å². The van der Waals surface area contributed by atoms with E-state index in [1.54, 1.807) is 7.11 Å². The summed E-state index contributed by atoms with van der Waals surface area (Å²) in [4.78, 5) is 14.6. The van der Waals surface area contributed by atoms with Crippen molar-refractivity contribution in [3.63, 3.8) is 0 Å². The van der Waals surface area contributed by atoms with Gasteiger partial charge in [-0.15, -0.1) is 0 Å². The van der Waals surface area contributed by atoms with E-state index in [-0.39, 0.29) is 12.1 Å². The van der Waals surface area contributed by atoms with Crippen molar-refractivity contribution in [3.05, 3.63) is 53.9 Å². The molecule has 2 saturated heterocycles. The number of nitrogens with zero attached hydrogens (tertiary/aromatic N) is 4. The van der Waals surface area contributed by atoms with Gasteiger partial charge < -0.3 is 14.5 Å². The van der Waals surface area contributed by atoms with E-state index < -0.39 is 0 Å². The van der Waals surface area contributed by atoms with Crippen LogP contribution in [0.1, 0.15) is 43.1 Å². The molecule has 3 aliphatic rings. The third-order valence-electron chi connectivity index (χ3n) is 5.87. The summed E-state index contributed by atoms with van der Waals surface area (Å²) in [6.07, 6.45) is 4.38. The van der Waals surface area contributed by atoms with E-state index in [9.17, 15) is 0 Å². The fraction of sp³-hybridized carbons (Fsp3) is 0.455. The average molecular weight is 395 g/mol. The molecule has 5 rings (SSSR count). The predicted molar refractivity (Wildman–Crippen MR) is 115 cm³/mol. The van der Waals surface area contributed by atoms with Gasteiger partial charge in [0.1, 0.15) is 11.8 Å². The van der Waals surface area contributed by atoms with Gasteiger partial charge in [-0.1, -0.05) is 30.8 Å². The lowest BCUT2D eigenvalue weighted by Crippen LogP contribution is -2.28. The lowest BCUT2D eigenvalue weighted by Gasteiger charge is -2.29. The Labute approximate surface area is 170 Å². The fourth-order valence-electron chi connectivity index (χ4n) is 4.58. The number of aromatic nitrogens is 1. The molecule has 3 atom stereocenters. The molecule has 6 heteroatoms. The molecule has 5 nitrogen and oxygen atoms in total. The predicted octanol–water partition coefficient (Wildman–Crippen LogP) is 4.28. The van der Waals surface area contributed by atoms with E-state index in [0.29, 0.717) is 5.25 Å². The number of aliphatic imine (C=N–C) groups is 1. The number of anilines is 1. The lowest BCUT2D eigenvalue weighted by molar-refractivity contribution is 0.320. The van der Waals surface area contributed by atoms with Crippen molar-refractivity contribution in [3.8, 4) is 5.75 Å². The van der Waals surface area contributed by atoms with E-state index >= 15 is 0 Å². The van der Waals surface area contributed by atoms with Gasteiger partial charge in [0.2, 0.25) is 0 Å². The molecule has 1 aromatic carbocycles. The first-order valence-electron chi connectivity index (χ1n) is 10.1. The summed E-state index contributed by atoms with van der Waals surface area (Å²) >= 11 is 1.88. The second-order valence-corrected chi connectivity index (χ2v) is 9.17. The summed E-state index contributed by atoms with van der Waals surface area (Å²) in [6, 6.07) is 13.0. The van der Waals surface area contributed by atoms with E-state index in [2.05, 4.69) is 52.0 Å². The van der Waals surface area contributed by atoms with Crippen LogP contribution >= 0.6 is 11.8 Å². The SMILES string of the molecule is COc1cc([C@H]2[C@H](c3ccccn3)N=C3S[C@@H](C)CN32)ccc1N1CCCC1. The number of hydrogen-bond acceptors (Lipinski definition) is 6. The highest BCUT2D eigenvalue weighted by atomic mass is 32.2. The van der Waals surface area contributed by atoms with Gasteiger partial charge in [0.15, 0.2) is 5.17 Å². The average Bonchev–Trinajstić information content (AvgIpc) is 3.44. The number of hydrogen-bond donors (Lipinski definition) is 0. The highest BCUT2D eigenvalue weighted by Crippen LogP contribution is 2.48. The second-order valence-electron chi connectivity index (χ2n) is 7.76. The first-order chi connectivity index (χ1) is 13.7. The molecule has 2 aromatic rings. The second kappa shape index (κ2) is 7.32. The third-order valence-corrected chi connectivity index (χ3v) is 6.98. The minimum Gasteiger partial charge on any atom is -0.495 e. The molecular weight excluding hydrogens is 368 g/mol. The molecule has 0 saturated carbocycles. The van der Waals surface area contributed by atoms with Gasteiger partial charge in [-0.2, -0.15) is 0 Å². The molecule has 2 fully saturated rings. The van der Waals surface area contributed by atoms with Crippen molar-refractivity contribution in [2.45, 2.75) is 37.1 Å². The summed E-state index contributed by atoms with van der Waals surface area (Å²) < 4.78 is 5.81. The smallest absolute Gasteiger partial charge is 0.160 e. The lowest BCUT2D eigenvalue weighted by atomic mass is 9.95. The van der Waals surface area contributed by atoms with Crippen molar-refractivity contribution in [1.29, 1.82) is 0 Å². The van der Waals surface area contributed by atoms with Gasteiger partial charge >= 0.3 is 0 Å². The fourth-order valence-corrected chi connectivity index (χ4v) is 5.67. The van der Waals surface area contributed by atoms with Crippen LogP contribution in [0.3, 0.4) is 0 Å². The van der Waals surface area contributed by atoms with E-state index in [1.807, 2.05) is 24.0 Å². The molecule has 3 aliphatic heterocycles. The van der Waals surface area contributed by atoms with Gasteiger partial charge in [0.05, 0.1) is 24.5 Å². The Morgan fingerprint density at radius 3 is 2.75 bits per heavy atom. The zero-order valence-electron chi connectivity index (χ0n) is 16.4. The summed E-state index contributed by atoms with van der Waals surface area (Å²) in [7, 11) is 1.78. The number of amidine groups is 1. The first-order valence-corrected chi connectivity index (χ1v) is 11.0. The zero-order chi connectivity index (χ0) is 19.1. The highest BCUT2D eigenvalue weighted by Gasteiger charge is 2.43. The van der Waals surface area contributed by atoms with Gasteiger partial charge in [-0.3, -0.25) is 9.98 Å². The molecule has 0 spiro atoms. The van der Waals surface area contributed by atoms with Gasteiger partial charge in [-0.25, -0.2) is 0 Å². The normalized spacial score (nSPS) is 26.5. The standard InChI is InChI=1S/C22H26N4OS/c1-15-14-26-21(20(24-22(26)28-15)17-7-3-4-10-23-17)16-8-9-18(19(13-16)27-2)25-11-5-6-12-25/h3-4,7-10,13,15,20-21H,5-6,11-12,14H2,1-2H3/t15-,20-,21-/m0/s1. The molecule has 1 aromatic heterocycles. The summed E-state index contributed by atoms with van der Waals surface area (Å²) in [6.45, 7) is 5.52. The number of pyridine rings is 1. The minimum atomic E-state index is 0.0264. The molecule has 0 radical (unpaired) electrons. The van der Waals surface area contributed by atoms with Crippen LogP contribution < -0.4 is 9.64 Å². The zero-order valence-corrected chi connectivity index (χ0v) is 17.2. The number of rotatable bonds is 4. The quantitative estimate of drug-likeness (QED) is 0.774. The minimum absolute atomic E-state index is 0.0264. The van der Waals surface area contributed by atoms with E-state index in [0.717, 1.165) is 36.2 Å². The van der Waals surface area contributed by atoms with Crippen LogP contribution in [0.25, 0.3) is 0 Å². The first kappa shape index (κ1) is 17.9. The van der Waals surface area contributed by atoms with E-state index in [4.69, 9.17) is 9.73 Å². The highest BCUT2D eigenvalue weighted by molar-refractivity contribution is 8.14. The third kappa shape index (κ3) is 3.04. The van der Waals surface area contributed by atoms with Crippen molar-refractivity contribution in [2.24, 2.45) is 4.99 Å². The van der Waals surface area contributed by atoms with Gasteiger partial charge in [0, 0.05) is 31.1 Å². The van der Waals surface area contributed by atoms with Crippen molar-refractivity contribution >= 4 is 22.6 Å². The van der Waals surface area contributed by atoms with Crippen molar-refractivity contribution in [2.75, 3.05) is 31.6 Å². The molecule has 0 N–H and O–H groups in total. The monoisotopic (exact) mass is 394 g/mol. The Balaban J connectivity index is 1.54. The molecule has 0 bridgehead atoms. The van der Waals surface area contributed by atoms with Crippen LogP contribution in [0.2, 0.25) is 0 Å². The maximum absolute atomic E-state index is 5.81. The number of ether oxygens (including phenoxy) is 1. The van der Waals surface area contributed by atoms with Gasteiger partial charge in [0.25, 0.3) is 0 Å². The topological polar surface area (TPSA) is 41.0 Å². The Bertz CT molecular complexity index is 881. The Morgan fingerprint density at radius 1 is 1.14 bits per heavy atom. The van der Waals surface area contributed by atoms with Crippen molar-refractivity contribution in [1.82, 2.24) is 9.88 Å². The number of thioether (sulfide) groups is 1. The van der Waals surface area contributed by atoms with Crippen LogP contribution in [-0.4, -0.2) is 47.0 Å². The summed E-state index contributed by atoms with van der Waals surface area (Å²) in [5, 5.41) is 1.72. The van der Waals surface area contributed by atoms with Crippen molar-refractivity contribution < 1.29 is 4.74 Å². The van der Waals surface area contributed by atoms with Crippen LogP contribution in [0, 0.1) is 0 Å². The van der Waals surface area contributed by atoms with Crippen LogP contribution in [0.5, 0.6) is 5.75 Å². The summed E-state index contributed by atoms with van der Waals surface area (Å²) in [5.41, 5.74) is 3.50. The molecule has 0 unspecified atom stereocenters. The molecule has 28 heavy (non-hydrogen) atoms. The molecule has 0 aliphatic carbocycles. The number of benzene rings is 1. The molecule has 146 valence electrons. The van der Waals surface area contributed by atoms with Gasteiger partial charge in [-0.05, 0) is 42.7 Å². The number of fused-ring (bicyclic) bond motifs is 1. The molecule has 0 amide bonds. The summed E-state index contributed by atoms with van der Waals surface area (Å²) in [5.74, 6) is 0.965. The largest absolute Gasteiger partial charge is 0.495 e. The van der Waals surface area contributed by atoms with E-state index in [1.165, 1.54) is 24.1 Å². The Hall–Kier alpha value is -2.21. The van der Waals surface area contributed by atoms with Crippen LogP contribution in [-0.2, 0) is 0 Å². The maximum Gasteiger partial charge on any atom is 0.160 e. The van der Waals surface area contributed by atoms with Crippen LogP contribution in [0.4, 0.5) is 5.69 Å². The molecular formula is C22H26N4OS. The Morgan fingerprint density at radius 2 is 2.00 bits per heavy atom. The Kier molecular flexibility index (Phi) is 4.67. The number of methoxy groups -OCH3 is 1.